The van der Waals surface area contributed by atoms with Crippen molar-refractivity contribution < 1.29 is 9.53 Å². The number of aromatic amines is 1. The van der Waals surface area contributed by atoms with Crippen molar-refractivity contribution in [3.05, 3.63) is 77.5 Å². The van der Waals surface area contributed by atoms with E-state index < -0.39 is 0 Å². The van der Waals surface area contributed by atoms with Crippen LogP contribution < -0.4 is 0 Å². The molecule has 0 radical (unpaired) electrons. The minimum absolute atomic E-state index is 0.323. The molecule has 1 N–H and O–H groups in total. The van der Waals surface area contributed by atoms with Crippen LogP contribution in [0.2, 0.25) is 0 Å². The molecule has 3 heteroatoms. The van der Waals surface area contributed by atoms with E-state index in [2.05, 4.69) is 11.1 Å². The molecular weight excluding hydrogens is 286 g/mol. The molecule has 0 fully saturated rings. The number of para-hydroxylation sites is 1. The topological polar surface area (TPSA) is 42.1 Å². The van der Waals surface area contributed by atoms with E-state index in [1.807, 2.05) is 62.4 Å². The number of esters is 1. The molecule has 23 heavy (non-hydrogen) atoms. The first-order chi connectivity index (χ1) is 11.2. The largest absolute Gasteiger partial charge is 0.463 e. The number of fused-ring (bicyclic) bond motifs is 1. The number of carbonyl (C=O) groups excluding carboxylic acids is 1. The molecular formula is C20H19NO2. The molecule has 0 unspecified atom stereocenters. The Morgan fingerprint density at radius 2 is 1.78 bits per heavy atom. The van der Waals surface area contributed by atoms with Gasteiger partial charge in [0.1, 0.15) is 0 Å². The number of aromatic nitrogens is 1. The molecule has 1 aromatic heterocycles. The van der Waals surface area contributed by atoms with Crippen molar-refractivity contribution in [2.24, 2.45) is 0 Å². The number of ether oxygens (including phenoxy) is 1. The second-order valence-electron chi connectivity index (χ2n) is 5.35. The first-order valence-electron chi connectivity index (χ1n) is 7.72. The highest BCUT2D eigenvalue weighted by Crippen LogP contribution is 2.32. The SMILES string of the molecule is CCOC(=O)/C=C(/c1ccccc1)c1c(C)[nH]c2ccccc12. The highest BCUT2D eigenvalue weighted by molar-refractivity contribution is 6.04. The van der Waals surface area contributed by atoms with Gasteiger partial charge in [0.25, 0.3) is 0 Å². The molecule has 0 bridgehead atoms. The first kappa shape index (κ1) is 15.1. The lowest BCUT2D eigenvalue weighted by molar-refractivity contribution is -0.137. The van der Waals surface area contributed by atoms with E-state index >= 15 is 0 Å². The average Bonchev–Trinajstić information content (AvgIpc) is 2.89. The lowest BCUT2D eigenvalue weighted by Crippen LogP contribution is -2.02. The molecule has 0 amide bonds. The monoisotopic (exact) mass is 305 g/mol. The van der Waals surface area contributed by atoms with Crippen LogP contribution in [0.5, 0.6) is 0 Å². The second-order valence-corrected chi connectivity index (χ2v) is 5.35. The van der Waals surface area contributed by atoms with Crippen LogP contribution in [-0.4, -0.2) is 17.6 Å². The molecule has 3 rings (SSSR count). The number of aryl methyl sites for hydroxylation is 1. The third-order valence-electron chi connectivity index (χ3n) is 3.80. The summed E-state index contributed by atoms with van der Waals surface area (Å²) in [5.74, 6) is -0.323. The van der Waals surface area contributed by atoms with Crippen molar-refractivity contribution in [1.82, 2.24) is 4.98 Å². The molecule has 3 nitrogen and oxygen atoms in total. The molecule has 0 aliphatic carbocycles. The number of hydrogen-bond donors (Lipinski definition) is 1. The van der Waals surface area contributed by atoms with Gasteiger partial charge in [0.2, 0.25) is 0 Å². The van der Waals surface area contributed by atoms with Gasteiger partial charge in [-0.25, -0.2) is 4.79 Å². The van der Waals surface area contributed by atoms with Gasteiger partial charge in [0.15, 0.2) is 0 Å². The summed E-state index contributed by atoms with van der Waals surface area (Å²) < 4.78 is 5.12. The predicted octanol–water partition coefficient (Wildman–Crippen LogP) is 4.47. The lowest BCUT2D eigenvalue weighted by atomic mass is 9.95. The van der Waals surface area contributed by atoms with Crippen molar-refractivity contribution in [2.45, 2.75) is 13.8 Å². The van der Waals surface area contributed by atoms with Crippen LogP contribution in [0.25, 0.3) is 16.5 Å². The second kappa shape index (κ2) is 6.53. The summed E-state index contributed by atoms with van der Waals surface area (Å²) in [7, 11) is 0. The van der Waals surface area contributed by atoms with Gasteiger partial charge >= 0.3 is 5.97 Å². The summed E-state index contributed by atoms with van der Waals surface area (Å²) in [6.45, 7) is 4.20. The Hall–Kier alpha value is -2.81. The molecule has 116 valence electrons. The number of benzene rings is 2. The lowest BCUT2D eigenvalue weighted by Gasteiger charge is -2.09. The number of hydrogen-bond acceptors (Lipinski definition) is 2. The van der Waals surface area contributed by atoms with Gasteiger partial charge in [-0.1, -0.05) is 48.5 Å². The van der Waals surface area contributed by atoms with Crippen molar-refractivity contribution in [3.63, 3.8) is 0 Å². The first-order valence-corrected chi connectivity index (χ1v) is 7.72. The number of nitrogens with one attached hydrogen (secondary N) is 1. The maximum Gasteiger partial charge on any atom is 0.331 e. The van der Waals surface area contributed by atoms with Crippen LogP contribution in [0, 0.1) is 6.92 Å². The molecule has 0 aliphatic heterocycles. The number of rotatable bonds is 4. The van der Waals surface area contributed by atoms with Crippen LogP contribution in [0.15, 0.2) is 60.7 Å². The highest BCUT2D eigenvalue weighted by atomic mass is 16.5. The summed E-state index contributed by atoms with van der Waals surface area (Å²) in [4.78, 5) is 15.5. The molecule has 0 atom stereocenters. The van der Waals surface area contributed by atoms with E-state index in [4.69, 9.17) is 4.74 Å². The standard InChI is InChI=1S/C20H19NO2/c1-3-23-19(22)13-17(15-9-5-4-6-10-15)20-14(2)21-18-12-8-7-11-16(18)20/h4-13,21H,3H2,1-2H3/b17-13-. The van der Waals surface area contributed by atoms with E-state index in [-0.39, 0.29) is 5.97 Å². The summed E-state index contributed by atoms with van der Waals surface area (Å²) in [5, 5.41) is 1.10. The van der Waals surface area contributed by atoms with Gasteiger partial charge in [-0.3, -0.25) is 0 Å². The van der Waals surface area contributed by atoms with Gasteiger partial charge in [0.05, 0.1) is 6.61 Å². The fraction of sp³-hybridized carbons (Fsp3) is 0.150. The van der Waals surface area contributed by atoms with Crippen molar-refractivity contribution >= 4 is 22.4 Å². The quantitative estimate of drug-likeness (QED) is 0.571. The fourth-order valence-electron chi connectivity index (χ4n) is 2.84. The summed E-state index contributed by atoms with van der Waals surface area (Å²) in [6.07, 6.45) is 1.58. The zero-order chi connectivity index (χ0) is 16.2. The van der Waals surface area contributed by atoms with Gasteiger partial charge in [-0.15, -0.1) is 0 Å². The van der Waals surface area contributed by atoms with Gasteiger partial charge in [0, 0.05) is 28.2 Å². The molecule has 0 aliphatic rings. The zero-order valence-electron chi connectivity index (χ0n) is 13.3. The smallest absolute Gasteiger partial charge is 0.331 e. The van der Waals surface area contributed by atoms with Crippen LogP contribution in [-0.2, 0) is 9.53 Å². The van der Waals surface area contributed by atoms with E-state index in [1.54, 1.807) is 6.08 Å². The summed E-state index contributed by atoms with van der Waals surface area (Å²) in [6, 6.07) is 18.0. The average molecular weight is 305 g/mol. The van der Waals surface area contributed by atoms with Crippen LogP contribution in [0.4, 0.5) is 0 Å². The third-order valence-corrected chi connectivity index (χ3v) is 3.80. The van der Waals surface area contributed by atoms with E-state index in [1.165, 1.54) is 0 Å². The number of carbonyl (C=O) groups is 1. The molecule has 3 aromatic rings. The Kier molecular flexibility index (Phi) is 4.29. The van der Waals surface area contributed by atoms with Crippen molar-refractivity contribution in [3.8, 4) is 0 Å². The minimum atomic E-state index is -0.323. The maximum absolute atomic E-state index is 12.1. The van der Waals surface area contributed by atoms with E-state index in [0.717, 1.165) is 33.3 Å². The Morgan fingerprint density at radius 3 is 2.52 bits per heavy atom. The molecule has 2 aromatic carbocycles. The van der Waals surface area contributed by atoms with Crippen LogP contribution >= 0.6 is 0 Å². The normalized spacial score (nSPS) is 11.7. The van der Waals surface area contributed by atoms with Gasteiger partial charge in [-0.2, -0.15) is 0 Å². The summed E-state index contributed by atoms with van der Waals surface area (Å²) >= 11 is 0. The highest BCUT2D eigenvalue weighted by Gasteiger charge is 2.15. The number of H-pyrrole nitrogens is 1. The van der Waals surface area contributed by atoms with E-state index in [0.29, 0.717) is 6.61 Å². The molecule has 0 saturated heterocycles. The Balaban J connectivity index is 2.22. The molecule has 0 saturated carbocycles. The molecule has 1 heterocycles. The van der Waals surface area contributed by atoms with E-state index in [9.17, 15) is 4.79 Å². The Labute approximate surface area is 135 Å². The maximum atomic E-state index is 12.1. The third kappa shape index (κ3) is 3.04. The van der Waals surface area contributed by atoms with Crippen molar-refractivity contribution in [1.29, 1.82) is 0 Å². The fourth-order valence-corrected chi connectivity index (χ4v) is 2.84. The van der Waals surface area contributed by atoms with Crippen LogP contribution in [0.1, 0.15) is 23.7 Å². The van der Waals surface area contributed by atoms with Gasteiger partial charge in [-0.05, 0) is 31.1 Å². The van der Waals surface area contributed by atoms with Crippen LogP contribution in [0.3, 0.4) is 0 Å². The summed E-state index contributed by atoms with van der Waals surface area (Å²) in [5.41, 5.74) is 5.00. The molecule has 0 spiro atoms. The van der Waals surface area contributed by atoms with Gasteiger partial charge < -0.3 is 9.72 Å². The van der Waals surface area contributed by atoms with Crippen molar-refractivity contribution in [2.75, 3.05) is 6.61 Å². The Bertz CT molecular complexity index is 860. The zero-order valence-corrected chi connectivity index (χ0v) is 13.3. The minimum Gasteiger partial charge on any atom is -0.463 e. The Morgan fingerprint density at radius 1 is 1.09 bits per heavy atom. The predicted molar refractivity (Wildman–Crippen MR) is 93.2 cm³/mol.